The normalized spacial score (nSPS) is 10.1. The molecule has 0 aliphatic carbocycles. The number of methoxy groups -OCH3 is 1. The van der Waals surface area contributed by atoms with Crippen molar-refractivity contribution in [3.05, 3.63) is 18.2 Å². The Hall–Kier alpha value is -1.29. The quantitative estimate of drug-likeness (QED) is 0.713. The third kappa shape index (κ3) is 3.75. The molecule has 0 saturated heterocycles. The number of nitrogens with one attached hydrogen (secondary N) is 1. The zero-order valence-corrected chi connectivity index (χ0v) is 9.66. The standard InChI is InChI=1S/C11H19N3O/c1-4-12-8-9-14(2)10-6-5-7-11(13-10)15-3/h5-7,12H,4,8-9H2,1-3H3. The van der Waals surface area contributed by atoms with Crippen LogP contribution >= 0.6 is 0 Å². The van der Waals surface area contributed by atoms with Gasteiger partial charge in [0, 0.05) is 26.2 Å². The maximum Gasteiger partial charge on any atom is 0.214 e. The summed E-state index contributed by atoms with van der Waals surface area (Å²) in [6.07, 6.45) is 0. The van der Waals surface area contributed by atoms with Gasteiger partial charge in [-0.3, -0.25) is 0 Å². The van der Waals surface area contributed by atoms with Gasteiger partial charge in [-0.15, -0.1) is 0 Å². The molecular formula is C11H19N3O. The van der Waals surface area contributed by atoms with Crippen LogP contribution in [0, 0.1) is 0 Å². The van der Waals surface area contributed by atoms with E-state index < -0.39 is 0 Å². The van der Waals surface area contributed by atoms with Crippen molar-refractivity contribution in [2.45, 2.75) is 6.92 Å². The van der Waals surface area contributed by atoms with E-state index in [2.05, 4.69) is 22.1 Å². The molecule has 1 N–H and O–H groups in total. The van der Waals surface area contributed by atoms with Crippen molar-refractivity contribution < 1.29 is 4.74 Å². The second-order valence-corrected chi connectivity index (χ2v) is 3.31. The average molecular weight is 209 g/mol. The van der Waals surface area contributed by atoms with Gasteiger partial charge in [-0.2, -0.15) is 4.98 Å². The van der Waals surface area contributed by atoms with E-state index in [-0.39, 0.29) is 0 Å². The van der Waals surface area contributed by atoms with Crippen LogP contribution in [0.3, 0.4) is 0 Å². The van der Waals surface area contributed by atoms with E-state index in [1.807, 2.05) is 25.2 Å². The minimum atomic E-state index is 0.655. The van der Waals surface area contributed by atoms with Gasteiger partial charge in [0.05, 0.1) is 7.11 Å². The lowest BCUT2D eigenvalue weighted by atomic mass is 10.4. The van der Waals surface area contributed by atoms with Gasteiger partial charge in [-0.25, -0.2) is 0 Å². The molecule has 0 fully saturated rings. The van der Waals surface area contributed by atoms with Gasteiger partial charge in [-0.05, 0) is 12.6 Å². The molecule has 84 valence electrons. The number of likely N-dealkylation sites (N-methyl/N-ethyl adjacent to an activating group) is 2. The number of hydrogen-bond acceptors (Lipinski definition) is 4. The second-order valence-electron chi connectivity index (χ2n) is 3.31. The lowest BCUT2D eigenvalue weighted by Gasteiger charge is -2.18. The van der Waals surface area contributed by atoms with Crippen LogP contribution in [0.15, 0.2) is 18.2 Å². The summed E-state index contributed by atoms with van der Waals surface area (Å²) >= 11 is 0. The molecule has 0 saturated carbocycles. The number of rotatable bonds is 6. The highest BCUT2D eigenvalue weighted by Gasteiger charge is 2.02. The van der Waals surface area contributed by atoms with Crippen molar-refractivity contribution in [3.63, 3.8) is 0 Å². The van der Waals surface area contributed by atoms with E-state index >= 15 is 0 Å². The van der Waals surface area contributed by atoms with Crippen molar-refractivity contribution in [2.75, 3.05) is 38.7 Å². The van der Waals surface area contributed by atoms with Crippen LogP contribution in [-0.2, 0) is 0 Å². The van der Waals surface area contributed by atoms with E-state index in [0.717, 1.165) is 25.5 Å². The predicted octanol–water partition coefficient (Wildman–Crippen LogP) is 1.14. The highest BCUT2D eigenvalue weighted by molar-refractivity contribution is 5.39. The van der Waals surface area contributed by atoms with Crippen molar-refractivity contribution in [2.24, 2.45) is 0 Å². The van der Waals surface area contributed by atoms with Crippen LogP contribution in [0.5, 0.6) is 5.88 Å². The van der Waals surface area contributed by atoms with Crippen LogP contribution in [0.1, 0.15) is 6.92 Å². The Labute approximate surface area is 91.3 Å². The lowest BCUT2D eigenvalue weighted by Crippen LogP contribution is -2.29. The van der Waals surface area contributed by atoms with Crippen molar-refractivity contribution in [1.29, 1.82) is 0 Å². The Morgan fingerprint density at radius 1 is 1.47 bits per heavy atom. The van der Waals surface area contributed by atoms with Crippen molar-refractivity contribution >= 4 is 5.82 Å². The molecule has 0 aliphatic heterocycles. The Morgan fingerprint density at radius 2 is 2.27 bits per heavy atom. The fraction of sp³-hybridized carbons (Fsp3) is 0.545. The molecule has 4 nitrogen and oxygen atoms in total. The summed E-state index contributed by atoms with van der Waals surface area (Å²) in [7, 11) is 3.66. The van der Waals surface area contributed by atoms with Gasteiger partial charge >= 0.3 is 0 Å². The first-order valence-corrected chi connectivity index (χ1v) is 5.20. The highest BCUT2D eigenvalue weighted by atomic mass is 16.5. The summed E-state index contributed by atoms with van der Waals surface area (Å²) in [5.74, 6) is 1.59. The Morgan fingerprint density at radius 3 is 2.93 bits per heavy atom. The minimum absolute atomic E-state index is 0.655. The summed E-state index contributed by atoms with van der Waals surface area (Å²) in [6.45, 7) is 5.00. The average Bonchev–Trinajstić information content (AvgIpc) is 2.29. The van der Waals surface area contributed by atoms with Crippen molar-refractivity contribution in [1.82, 2.24) is 10.3 Å². The first kappa shape index (κ1) is 11.8. The van der Waals surface area contributed by atoms with Gasteiger partial charge in [-0.1, -0.05) is 13.0 Å². The molecule has 1 heterocycles. The van der Waals surface area contributed by atoms with Gasteiger partial charge in [0.2, 0.25) is 5.88 Å². The molecule has 0 unspecified atom stereocenters. The number of ether oxygens (including phenoxy) is 1. The minimum Gasteiger partial charge on any atom is -0.481 e. The van der Waals surface area contributed by atoms with Gasteiger partial charge in [0.15, 0.2) is 0 Å². The molecule has 0 radical (unpaired) electrons. The number of nitrogens with zero attached hydrogens (tertiary/aromatic N) is 2. The molecule has 0 bridgehead atoms. The van der Waals surface area contributed by atoms with E-state index in [1.165, 1.54) is 0 Å². The summed E-state index contributed by atoms with van der Waals surface area (Å²) in [4.78, 5) is 6.45. The highest BCUT2D eigenvalue weighted by Crippen LogP contribution is 2.13. The monoisotopic (exact) mass is 209 g/mol. The SMILES string of the molecule is CCNCCN(C)c1cccc(OC)n1. The zero-order chi connectivity index (χ0) is 11.1. The molecule has 0 aromatic carbocycles. The third-order valence-electron chi connectivity index (χ3n) is 2.18. The fourth-order valence-electron chi connectivity index (χ4n) is 1.27. The molecule has 0 amide bonds. The summed E-state index contributed by atoms with van der Waals surface area (Å²) in [5, 5.41) is 3.28. The van der Waals surface area contributed by atoms with E-state index in [9.17, 15) is 0 Å². The summed E-state index contributed by atoms with van der Waals surface area (Å²) < 4.78 is 5.08. The Kier molecular flexibility index (Phi) is 4.90. The lowest BCUT2D eigenvalue weighted by molar-refractivity contribution is 0.398. The van der Waals surface area contributed by atoms with Crippen LogP contribution in [0.25, 0.3) is 0 Å². The molecule has 0 spiro atoms. The number of pyridine rings is 1. The van der Waals surface area contributed by atoms with Crippen LogP contribution in [0.2, 0.25) is 0 Å². The zero-order valence-electron chi connectivity index (χ0n) is 9.66. The first-order chi connectivity index (χ1) is 7.27. The van der Waals surface area contributed by atoms with Crippen LogP contribution in [0.4, 0.5) is 5.82 Å². The van der Waals surface area contributed by atoms with Gasteiger partial charge < -0.3 is 15.0 Å². The number of anilines is 1. The molecule has 1 rings (SSSR count). The predicted molar refractivity (Wildman–Crippen MR) is 62.6 cm³/mol. The van der Waals surface area contributed by atoms with E-state index in [4.69, 9.17) is 4.74 Å². The van der Waals surface area contributed by atoms with Gasteiger partial charge in [0.1, 0.15) is 5.82 Å². The van der Waals surface area contributed by atoms with E-state index in [1.54, 1.807) is 7.11 Å². The molecule has 1 aromatic rings. The smallest absolute Gasteiger partial charge is 0.214 e. The second kappa shape index (κ2) is 6.24. The largest absolute Gasteiger partial charge is 0.481 e. The molecule has 0 aliphatic rings. The Bertz CT molecular complexity index is 291. The Balaban J connectivity index is 2.52. The molecule has 1 aromatic heterocycles. The topological polar surface area (TPSA) is 37.4 Å². The molecular weight excluding hydrogens is 190 g/mol. The van der Waals surface area contributed by atoms with Crippen LogP contribution < -0.4 is 15.0 Å². The third-order valence-corrected chi connectivity index (χ3v) is 2.18. The van der Waals surface area contributed by atoms with E-state index in [0.29, 0.717) is 5.88 Å². The molecule has 15 heavy (non-hydrogen) atoms. The van der Waals surface area contributed by atoms with Gasteiger partial charge in [0.25, 0.3) is 0 Å². The molecule has 4 heteroatoms. The number of aromatic nitrogens is 1. The molecule has 0 atom stereocenters. The maximum absolute atomic E-state index is 5.08. The van der Waals surface area contributed by atoms with Crippen LogP contribution in [-0.4, -0.2) is 38.8 Å². The number of hydrogen-bond donors (Lipinski definition) is 1. The first-order valence-electron chi connectivity index (χ1n) is 5.20. The summed E-state index contributed by atoms with van der Waals surface area (Å²) in [5.41, 5.74) is 0. The summed E-state index contributed by atoms with van der Waals surface area (Å²) in [6, 6.07) is 5.78. The van der Waals surface area contributed by atoms with Crippen molar-refractivity contribution in [3.8, 4) is 5.88 Å². The fourth-order valence-corrected chi connectivity index (χ4v) is 1.27. The maximum atomic E-state index is 5.08.